The number of alkyl halides is 2. The Labute approximate surface area is 145 Å². The van der Waals surface area contributed by atoms with Gasteiger partial charge < -0.3 is 9.88 Å². The van der Waals surface area contributed by atoms with E-state index in [0.717, 1.165) is 0 Å². The molecule has 26 heavy (non-hydrogen) atoms. The second-order valence-corrected chi connectivity index (χ2v) is 7.04. The van der Waals surface area contributed by atoms with Crippen molar-refractivity contribution in [3.8, 4) is 5.69 Å². The van der Waals surface area contributed by atoms with E-state index in [0.29, 0.717) is 16.7 Å². The molecule has 0 aliphatic carbocycles. The Hall–Kier alpha value is -3.04. The molecule has 1 saturated heterocycles. The largest absolute Gasteiger partial charge is 0.349 e. The van der Waals surface area contributed by atoms with Crippen LogP contribution in [-0.2, 0) is 0 Å². The number of H-pyrrole nitrogens is 2. The molecular weight excluding hydrogens is 346 g/mol. The predicted molar refractivity (Wildman–Crippen MR) is 91.0 cm³/mol. The highest BCUT2D eigenvalue weighted by atomic mass is 19.3. The highest BCUT2D eigenvalue weighted by Gasteiger charge is 2.54. The zero-order valence-electron chi connectivity index (χ0n) is 14.1. The summed E-state index contributed by atoms with van der Waals surface area (Å²) in [5.74, 6) is -2.46. The second-order valence-electron chi connectivity index (χ2n) is 7.04. The number of halogens is 2. The van der Waals surface area contributed by atoms with E-state index < -0.39 is 29.1 Å². The van der Waals surface area contributed by atoms with Gasteiger partial charge in [0.2, 0.25) is 0 Å². The lowest BCUT2D eigenvalue weighted by Crippen LogP contribution is -2.34. The Morgan fingerprint density at radius 2 is 2.00 bits per heavy atom. The number of anilines is 1. The molecule has 2 N–H and O–H groups in total. The van der Waals surface area contributed by atoms with Crippen LogP contribution in [-0.4, -0.2) is 43.7 Å². The van der Waals surface area contributed by atoms with Gasteiger partial charge in [0.15, 0.2) is 0 Å². The summed E-state index contributed by atoms with van der Waals surface area (Å²) in [7, 11) is 0. The molecule has 0 aromatic carbocycles. The minimum atomic E-state index is -2.84. The first-order chi connectivity index (χ1) is 12.2. The van der Waals surface area contributed by atoms with Gasteiger partial charge in [0.25, 0.3) is 11.5 Å². The Morgan fingerprint density at radius 3 is 2.65 bits per heavy atom. The Kier molecular flexibility index (Phi) is 3.30. The summed E-state index contributed by atoms with van der Waals surface area (Å²) in [4.78, 5) is 33.4. The summed E-state index contributed by atoms with van der Waals surface area (Å²) in [6.07, 6.45) is 4.28. The quantitative estimate of drug-likeness (QED) is 0.715. The second kappa shape index (κ2) is 5.23. The van der Waals surface area contributed by atoms with Crippen molar-refractivity contribution in [3.05, 3.63) is 45.5 Å². The molecule has 0 radical (unpaired) electrons. The fraction of sp³-hybridized carbons (Fsp3) is 0.375. The van der Waals surface area contributed by atoms with Gasteiger partial charge in [-0.25, -0.2) is 23.2 Å². The number of pyridine rings is 1. The van der Waals surface area contributed by atoms with Gasteiger partial charge >= 0.3 is 5.69 Å². The first kappa shape index (κ1) is 16.4. The number of aromatic nitrogens is 5. The molecular formula is C16H16F2N6O2. The van der Waals surface area contributed by atoms with Crippen molar-refractivity contribution in [1.82, 2.24) is 24.7 Å². The van der Waals surface area contributed by atoms with Gasteiger partial charge in [0, 0.05) is 30.6 Å². The number of hydrogen-bond donors (Lipinski definition) is 2. The van der Waals surface area contributed by atoms with E-state index in [-0.39, 0.29) is 12.2 Å². The summed E-state index contributed by atoms with van der Waals surface area (Å²) in [6, 6.07) is 1.63. The minimum Gasteiger partial charge on any atom is -0.349 e. The van der Waals surface area contributed by atoms with Crippen LogP contribution in [0.25, 0.3) is 16.6 Å². The molecule has 4 heterocycles. The molecule has 10 heteroatoms. The third kappa shape index (κ3) is 2.40. The molecule has 0 unspecified atom stereocenters. The maximum absolute atomic E-state index is 14.2. The van der Waals surface area contributed by atoms with Gasteiger partial charge in [-0.1, -0.05) is 13.8 Å². The van der Waals surface area contributed by atoms with E-state index in [1.54, 1.807) is 12.3 Å². The summed E-state index contributed by atoms with van der Waals surface area (Å²) in [5, 5.41) is 4.85. The number of fused-ring (bicyclic) bond motifs is 1. The monoisotopic (exact) mass is 362 g/mol. The average Bonchev–Trinajstić information content (AvgIpc) is 3.05. The SMILES string of the molecule is CC1(C)CN(c2nccc3nn(-c4c[nH]c(=O)[nH]c4=O)cc23)CC1(F)F. The van der Waals surface area contributed by atoms with Gasteiger partial charge in [-0.15, -0.1) is 0 Å². The number of nitrogens with one attached hydrogen (secondary N) is 2. The van der Waals surface area contributed by atoms with E-state index in [1.807, 2.05) is 0 Å². The molecule has 3 aromatic heterocycles. The van der Waals surface area contributed by atoms with Crippen LogP contribution >= 0.6 is 0 Å². The van der Waals surface area contributed by atoms with Crippen molar-refractivity contribution in [1.29, 1.82) is 0 Å². The first-order valence-electron chi connectivity index (χ1n) is 7.97. The third-order valence-corrected chi connectivity index (χ3v) is 4.72. The molecule has 0 saturated carbocycles. The van der Waals surface area contributed by atoms with Crippen LogP contribution in [0.4, 0.5) is 14.6 Å². The highest BCUT2D eigenvalue weighted by Crippen LogP contribution is 2.45. The number of aromatic amines is 2. The standard InChI is InChI=1S/C16H16F2N6O2/c1-15(2)7-23(8-16(15,17)18)12-9-6-24(22-10(9)3-4-19-12)11-5-20-14(26)21-13(11)25/h3-6H,7-8H2,1-2H3,(H2,20,21,25,26). The van der Waals surface area contributed by atoms with Gasteiger partial charge in [-0.05, 0) is 6.07 Å². The van der Waals surface area contributed by atoms with Crippen molar-refractivity contribution in [3.63, 3.8) is 0 Å². The van der Waals surface area contributed by atoms with Crippen molar-refractivity contribution in [2.45, 2.75) is 19.8 Å². The molecule has 8 nitrogen and oxygen atoms in total. The lowest BCUT2D eigenvalue weighted by molar-refractivity contribution is -0.0642. The average molecular weight is 362 g/mol. The minimum absolute atomic E-state index is 0.110. The summed E-state index contributed by atoms with van der Waals surface area (Å²) < 4.78 is 29.8. The molecule has 3 aromatic rings. The normalized spacial score (nSPS) is 18.5. The van der Waals surface area contributed by atoms with Gasteiger partial charge in [-0.2, -0.15) is 5.10 Å². The summed E-state index contributed by atoms with van der Waals surface area (Å²) in [6.45, 7) is 2.76. The topological polar surface area (TPSA) is 99.7 Å². The third-order valence-electron chi connectivity index (χ3n) is 4.72. The van der Waals surface area contributed by atoms with E-state index in [1.165, 1.54) is 35.8 Å². The maximum Gasteiger partial charge on any atom is 0.325 e. The highest BCUT2D eigenvalue weighted by molar-refractivity contribution is 5.89. The molecule has 0 atom stereocenters. The maximum atomic E-state index is 14.2. The summed E-state index contributed by atoms with van der Waals surface area (Å²) in [5.41, 5.74) is -1.79. The van der Waals surface area contributed by atoms with Crippen LogP contribution in [0, 0.1) is 5.41 Å². The fourth-order valence-electron chi connectivity index (χ4n) is 3.13. The van der Waals surface area contributed by atoms with Gasteiger partial charge in [-0.3, -0.25) is 9.78 Å². The number of rotatable bonds is 2. The molecule has 0 amide bonds. The molecule has 136 valence electrons. The number of hydrogen-bond acceptors (Lipinski definition) is 5. The van der Waals surface area contributed by atoms with Crippen LogP contribution in [0.15, 0.2) is 34.2 Å². The molecule has 1 fully saturated rings. The molecule has 4 rings (SSSR count). The molecule has 1 aliphatic heterocycles. The van der Waals surface area contributed by atoms with E-state index >= 15 is 0 Å². The van der Waals surface area contributed by atoms with E-state index in [9.17, 15) is 18.4 Å². The fourth-order valence-corrected chi connectivity index (χ4v) is 3.13. The van der Waals surface area contributed by atoms with E-state index in [2.05, 4.69) is 20.1 Å². The lowest BCUT2D eigenvalue weighted by Gasteiger charge is -2.23. The Bertz CT molecular complexity index is 1100. The van der Waals surface area contributed by atoms with Crippen molar-refractivity contribution >= 4 is 16.7 Å². The molecule has 0 bridgehead atoms. The first-order valence-corrected chi connectivity index (χ1v) is 7.97. The van der Waals surface area contributed by atoms with Gasteiger partial charge in [0.1, 0.15) is 11.5 Å². The smallest absolute Gasteiger partial charge is 0.325 e. The van der Waals surface area contributed by atoms with Crippen LogP contribution < -0.4 is 16.1 Å². The van der Waals surface area contributed by atoms with Crippen LogP contribution in [0.3, 0.4) is 0 Å². The van der Waals surface area contributed by atoms with Crippen LogP contribution in [0.1, 0.15) is 13.8 Å². The number of nitrogens with zero attached hydrogens (tertiary/aromatic N) is 4. The van der Waals surface area contributed by atoms with Crippen molar-refractivity contribution in [2.75, 3.05) is 18.0 Å². The Morgan fingerprint density at radius 1 is 1.23 bits per heavy atom. The molecule has 1 aliphatic rings. The van der Waals surface area contributed by atoms with Crippen molar-refractivity contribution < 1.29 is 8.78 Å². The van der Waals surface area contributed by atoms with Crippen LogP contribution in [0.5, 0.6) is 0 Å². The summed E-state index contributed by atoms with van der Waals surface area (Å²) >= 11 is 0. The van der Waals surface area contributed by atoms with Gasteiger partial charge in [0.05, 0.1) is 17.4 Å². The van der Waals surface area contributed by atoms with E-state index in [4.69, 9.17) is 0 Å². The predicted octanol–water partition coefficient (Wildman–Crippen LogP) is 1.28. The molecule has 0 spiro atoms. The zero-order chi connectivity index (χ0) is 18.7. The zero-order valence-corrected chi connectivity index (χ0v) is 14.1. The lowest BCUT2D eigenvalue weighted by atomic mass is 9.89. The Balaban J connectivity index is 1.83. The van der Waals surface area contributed by atoms with Crippen molar-refractivity contribution in [2.24, 2.45) is 5.41 Å². The van der Waals surface area contributed by atoms with Crippen LogP contribution in [0.2, 0.25) is 0 Å².